The van der Waals surface area contributed by atoms with E-state index in [2.05, 4.69) is 226 Å². The third-order valence-corrected chi connectivity index (χ3v) is 14.2. The van der Waals surface area contributed by atoms with Crippen LogP contribution >= 0.6 is 11.3 Å². The Morgan fingerprint density at radius 3 is 2.02 bits per heavy atom. The number of anilines is 2. The van der Waals surface area contributed by atoms with Crippen molar-refractivity contribution in [3.05, 3.63) is 217 Å². The molecule has 0 saturated heterocycles. The lowest BCUT2D eigenvalue weighted by Gasteiger charge is -2.45. The fraction of sp³-hybridized carbons (Fsp3) is 0.107. The van der Waals surface area contributed by atoms with E-state index in [4.69, 9.17) is 0 Å². The summed E-state index contributed by atoms with van der Waals surface area (Å²) < 4.78 is 2.61. The number of nitrogens with zero attached hydrogens (tertiary/aromatic N) is 1. The van der Waals surface area contributed by atoms with Crippen molar-refractivity contribution in [3.63, 3.8) is 0 Å². The highest BCUT2D eigenvalue weighted by atomic mass is 32.1. The molecule has 278 valence electrons. The Kier molecular flexibility index (Phi) is 7.97. The van der Waals surface area contributed by atoms with Crippen molar-refractivity contribution < 1.29 is 0 Å². The molecule has 0 bridgehead atoms. The molecule has 0 spiro atoms. The van der Waals surface area contributed by atoms with Crippen LogP contribution in [0.3, 0.4) is 0 Å². The van der Waals surface area contributed by atoms with Gasteiger partial charge in [0.2, 0.25) is 0 Å². The lowest BCUT2D eigenvalue weighted by Crippen LogP contribution is -2.46. The van der Waals surface area contributed by atoms with Gasteiger partial charge in [0.1, 0.15) is 0 Å². The van der Waals surface area contributed by atoms with Gasteiger partial charge >= 0.3 is 0 Å². The standard InChI is InChI=1S/C56H43NS/c1-55(2)47-28-10-7-22-41(47)42-34-33-39(36-48(42)55)56(3)35-14-13-32-52(56)57(50-30-17-27-46-44-24-9-12-31-51(44)58-54(46)50)49-29-11-8-23-43(49)45-26-16-21-38-20-15-25-40(53(38)45)37-18-5-4-6-19-37/h4-36,52H,1-3H3. The van der Waals surface area contributed by atoms with E-state index < -0.39 is 0 Å². The van der Waals surface area contributed by atoms with Gasteiger partial charge in [0.25, 0.3) is 0 Å². The highest BCUT2D eigenvalue weighted by molar-refractivity contribution is 7.26. The van der Waals surface area contributed by atoms with Gasteiger partial charge in [0, 0.05) is 37.6 Å². The minimum Gasteiger partial charge on any atom is -0.332 e. The zero-order valence-electron chi connectivity index (χ0n) is 33.0. The molecular weight excluding hydrogens is 719 g/mol. The molecule has 1 aromatic heterocycles. The van der Waals surface area contributed by atoms with Crippen molar-refractivity contribution in [1.82, 2.24) is 0 Å². The monoisotopic (exact) mass is 761 g/mol. The van der Waals surface area contributed by atoms with Gasteiger partial charge in [-0.05, 0) is 80.4 Å². The Labute approximate surface area is 344 Å². The van der Waals surface area contributed by atoms with Crippen molar-refractivity contribution in [1.29, 1.82) is 0 Å². The molecule has 0 saturated carbocycles. The van der Waals surface area contributed by atoms with Crippen molar-refractivity contribution >= 4 is 53.7 Å². The van der Waals surface area contributed by atoms with Crippen LogP contribution in [0.2, 0.25) is 0 Å². The summed E-state index contributed by atoms with van der Waals surface area (Å²) in [5.41, 5.74) is 13.7. The minimum absolute atomic E-state index is 0.0528. The predicted molar refractivity (Wildman–Crippen MR) is 250 cm³/mol. The van der Waals surface area contributed by atoms with E-state index in [9.17, 15) is 0 Å². The second-order valence-corrected chi connectivity index (χ2v) is 17.7. The second-order valence-electron chi connectivity index (χ2n) is 16.6. The van der Waals surface area contributed by atoms with Crippen LogP contribution in [0.15, 0.2) is 200 Å². The zero-order valence-corrected chi connectivity index (χ0v) is 33.8. The molecule has 8 aromatic carbocycles. The Bertz CT molecular complexity index is 3120. The molecule has 0 fully saturated rings. The topological polar surface area (TPSA) is 3.24 Å². The molecule has 2 aliphatic carbocycles. The molecule has 2 aliphatic rings. The first-order chi connectivity index (χ1) is 28.4. The molecule has 58 heavy (non-hydrogen) atoms. The summed E-state index contributed by atoms with van der Waals surface area (Å²) in [7, 11) is 0. The van der Waals surface area contributed by atoms with Gasteiger partial charge in [-0.1, -0.05) is 196 Å². The molecule has 11 rings (SSSR count). The lowest BCUT2D eigenvalue weighted by molar-refractivity contribution is 0.510. The first-order valence-corrected chi connectivity index (χ1v) is 21.2. The zero-order chi connectivity index (χ0) is 39.0. The highest BCUT2D eigenvalue weighted by Gasteiger charge is 2.42. The van der Waals surface area contributed by atoms with Crippen LogP contribution in [0.4, 0.5) is 11.4 Å². The SMILES string of the molecule is CC1(C)c2ccccc2-c2ccc(C3(C)C=CC=CC3N(c3ccccc3-c3cccc4cccc(-c5ccccc5)c34)c3cccc4c3sc3ccccc34)cc21. The van der Waals surface area contributed by atoms with Crippen molar-refractivity contribution in [2.45, 2.75) is 37.6 Å². The highest BCUT2D eigenvalue weighted by Crippen LogP contribution is 2.53. The quantitative estimate of drug-likeness (QED) is 0.163. The van der Waals surface area contributed by atoms with Gasteiger partial charge in [0.15, 0.2) is 0 Å². The van der Waals surface area contributed by atoms with Crippen LogP contribution in [0, 0.1) is 0 Å². The van der Waals surface area contributed by atoms with Gasteiger partial charge in [0.05, 0.1) is 16.4 Å². The average Bonchev–Trinajstić information content (AvgIpc) is 3.77. The van der Waals surface area contributed by atoms with E-state index in [1.165, 1.54) is 92.4 Å². The Morgan fingerprint density at radius 2 is 1.16 bits per heavy atom. The summed E-state index contributed by atoms with van der Waals surface area (Å²) in [5.74, 6) is 0. The molecule has 0 radical (unpaired) electrons. The third-order valence-electron chi connectivity index (χ3n) is 13.0. The van der Waals surface area contributed by atoms with Gasteiger partial charge in [-0.3, -0.25) is 0 Å². The molecular formula is C56H43NS. The fourth-order valence-corrected chi connectivity index (χ4v) is 11.3. The number of para-hydroxylation sites is 1. The average molecular weight is 762 g/mol. The molecule has 0 aliphatic heterocycles. The molecule has 1 nitrogen and oxygen atoms in total. The van der Waals surface area contributed by atoms with E-state index in [0.717, 1.165) is 0 Å². The minimum atomic E-state index is -0.380. The van der Waals surface area contributed by atoms with Crippen LogP contribution in [0.1, 0.15) is 37.5 Å². The van der Waals surface area contributed by atoms with Crippen LogP contribution in [-0.4, -0.2) is 6.04 Å². The molecule has 1 heterocycles. The largest absolute Gasteiger partial charge is 0.332 e. The van der Waals surface area contributed by atoms with E-state index >= 15 is 0 Å². The number of rotatable bonds is 6. The molecule has 9 aromatic rings. The second kappa shape index (κ2) is 13.3. The number of thiophene rings is 1. The first kappa shape index (κ1) is 34.7. The van der Waals surface area contributed by atoms with Gasteiger partial charge in [-0.25, -0.2) is 0 Å². The van der Waals surface area contributed by atoms with Crippen molar-refractivity contribution in [2.24, 2.45) is 0 Å². The van der Waals surface area contributed by atoms with Gasteiger partial charge in [-0.15, -0.1) is 11.3 Å². The molecule has 0 amide bonds. The van der Waals surface area contributed by atoms with Crippen LogP contribution in [0.5, 0.6) is 0 Å². The predicted octanol–water partition coefficient (Wildman–Crippen LogP) is 15.4. The van der Waals surface area contributed by atoms with E-state index in [1.54, 1.807) is 0 Å². The fourth-order valence-electron chi connectivity index (χ4n) is 10.1. The number of benzene rings is 8. The summed E-state index contributed by atoms with van der Waals surface area (Å²) in [6.45, 7) is 7.22. The van der Waals surface area contributed by atoms with E-state index in [1.807, 2.05) is 11.3 Å². The van der Waals surface area contributed by atoms with Crippen LogP contribution in [0.25, 0.3) is 64.3 Å². The van der Waals surface area contributed by atoms with E-state index in [0.29, 0.717) is 0 Å². The number of allylic oxidation sites excluding steroid dienone is 2. The number of hydrogen-bond acceptors (Lipinski definition) is 2. The van der Waals surface area contributed by atoms with Gasteiger partial charge < -0.3 is 4.90 Å². The van der Waals surface area contributed by atoms with Crippen LogP contribution < -0.4 is 4.90 Å². The van der Waals surface area contributed by atoms with Crippen LogP contribution in [-0.2, 0) is 10.8 Å². The van der Waals surface area contributed by atoms with Crippen molar-refractivity contribution in [3.8, 4) is 33.4 Å². The summed E-state index contributed by atoms with van der Waals surface area (Å²) in [6, 6.07) is 65.4. The summed E-state index contributed by atoms with van der Waals surface area (Å²) in [6.07, 6.45) is 9.39. The van der Waals surface area contributed by atoms with E-state index in [-0.39, 0.29) is 16.9 Å². The molecule has 2 atom stereocenters. The van der Waals surface area contributed by atoms with Gasteiger partial charge in [-0.2, -0.15) is 0 Å². The Morgan fingerprint density at radius 1 is 0.500 bits per heavy atom. The Balaban J connectivity index is 1.17. The maximum atomic E-state index is 2.67. The maximum Gasteiger partial charge on any atom is 0.0654 e. The summed E-state index contributed by atoms with van der Waals surface area (Å²) in [5, 5.41) is 5.11. The number of hydrogen-bond donors (Lipinski definition) is 0. The Hall–Kier alpha value is -6.48. The molecule has 2 unspecified atom stereocenters. The molecule has 2 heteroatoms. The summed E-state index contributed by atoms with van der Waals surface area (Å²) >= 11 is 1.90. The normalized spacial score (nSPS) is 17.8. The maximum absolute atomic E-state index is 2.67. The smallest absolute Gasteiger partial charge is 0.0654 e. The third kappa shape index (κ3) is 5.21. The molecule has 0 N–H and O–H groups in total. The lowest BCUT2D eigenvalue weighted by atomic mass is 9.70. The number of fused-ring (bicyclic) bond motifs is 7. The first-order valence-electron chi connectivity index (χ1n) is 20.4. The summed E-state index contributed by atoms with van der Waals surface area (Å²) in [4.78, 5) is 2.67. The van der Waals surface area contributed by atoms with Crippen molar-refractivity contribution in [2.75, 3.05) is 4.90 Å².